The SMILES string of the molecule is Cc1cc(-c2cc(C(=O)Nc3cccc(Cn4ccnc4)c3)c3c(C)noc3n2)c(C)s1. The maximum absolute atomic E-state index is 13.4. The highest BCUT2D eigenvalue weighted by Gasteiger charge is 2.21. The molecule has 0 fully saturated rings. The lowest BCUT2D eigenvalue weighted by Crippen LogP contribution is -2.13. The largest absolute Gasteiger partial charge is 0.335 e. The van der Waals surface area contributed by atoms with Crippen LogP contribution in [0.4, 0.5) is 5.69 Å². The van der Waals surface area contributed by atoms with E-state index < -0.39 is 0 Å². The summed E-state index contributed by atoms with van der Waals surface area (Å²) in [5, 5.41) is 7.70. The molecule has 8 heteroatoms. The third-order valence-electron chi connectivity index (χ3n) is 5.29. The molecule has 5 aromatic rings. The Balaban J connectivity index is 1.50. The van der Waals surface area contributed by atoms with Crippen LogP contribution in [-0.4, -0.2) is 25.6 Å². The van der Waals surface area contributed by atoms with E-state index in [1.807, 2.05) is 48.0 Å². The van der Waals surface area contributed by atoms with Crippen LogP contribution in [0.1, 0.15) is 31.4 Å². The van der Waals surface area contributed by atoms with Crippen molar-refractivity contribution in [3.8, 4) is 11.3 Å². The molecule has 5 rings (SSSR count). The Bertz CT molecular complexity index is 1430. The number of aromatic nitrogens is 4. The zero-order valence-electron chi connectivity index (χ0n) is 17.9. The molecule has 0 aliphatic rings. The summed E-state index contributed by atoms with van der Waals surface area (Å²) in [6.45, 7) is 6.60. The number of nitrogens with zero attached hydrogens (tertiary/aromatic N) is 4. The molecule has 0 radical (unpaired) electrons. The van der Waals surface area contributed by atoms with Crippen LogP contribution in [0.2, 0.25) is 0 Å². The van der Waals surface area contributed by atoms with Crippen LogP contribution in [0.3, 0.4) is 0 Å². The summed E-state index contributed by atoms with van der Waals surface area (Å²) in [5.41, 5.74) is 4.97. The second-order valence-corrected chi connectivity index (χ2v) is 9.18. The number of benzene rings is 1. The first-order valence-electron chi connectivity index (χ1n) is 10.2. The highest BCUT2D eigenvalue weighted by Crippen LogP contribution is 2.33. The summed E-state index contributed by atoms with van der Waals surface area (Å²) >= 11 is 1.70. The van der Waals surface area contributed by atoms with Crippen LogP contribution in [0.25, 0.3) is 22.4 Å². The number of aryl methyl sites for hydroxylation is 3. The molecular formula is C24H21N5O2S. The molecule has 4 heterocycles. The standard InChI is InChI=1S/C24H21N5O2S/c1-14-9-19(16(3)32-14)21-11-20(22-15(2)28-31-24(22)27-21)23(30)26-18-6-4-5-17(10-18)12-29-8-7-25-13-29/h4-11,13H,12H2,1-3H3,(H,26,30). The summed E-state index contributed by atoms with van der Waals surface area (Å²) in [6.07, 6.45) is 5.42. The van der Waals surface area contributed by atoms with E-state index in [1.165, 1.54) is 4.88 Å². The van der Waals surface area contributed by atoms with Gasteiger partial charge in [-0.15, -0.1) is 11.3 Å². The van der Waals surface area contributed by atoms with E-state index in [9.17, 15) is 4.79 Å². The smallest absolute Gasteiger partial charge is 0.259 e. The number of hydrogen-bond acceptors (Lipinski definition) is 6. The Kier molecular flexibility index (Phi) is 5.07. The van der Waals surface area contributed by atoms with Crippen LogP contribution >= 0.6 is 11.3 Å². The topological polar surface area (TPSA) is 85.8 Å². The summed E-state index contributed by atoms with van der Waals surface area (Å²) in [7, 11) is 0. The number of imidazole rings is 1. The van der Waals surface area contributed by atoms with Crippen LogP contribution < -0.4 is 5.32 Å². The fourth-order valence-corrected chi connectivity index (χ4v) is 4.77. The van der Waals surface area contributed by atoms with Gasteiger partial charge in [0.05, 0.1) is 28.7 Å². The maximum Gasteiger partial charge on any atom is 0.259 e. The molecule has 4 aromatic heterocycles. The number of carbonyl (C=O) groups excluding carboxylic acids is 1. The molecule has 1 N–H and O–H groups in total. The van der Waals surface area contributed by atoms with E-state index in [-0.39, 0.29) is 5.91 Å². The molecule has 1 aromatic carbocycles. The summed E-state index contributed by atoms with van der Waals surface area (Å²) < 4.78 is 7.41. The summed E-state index contributed by atoms with van der Waals surface area (Å²) in [5.74, 6) is -0.227. The first-order chi connectivity index (χ1) is 15.5. The minimum absolute atomic E-state index is 0.227. The zero-order valence-corrected chi connectivity index (χ0v) is 18.7. The molecule has 32 heavy (non-hydrogen) atoms. The quantitative estimate of drug-likeness (QED) is 0.394. The molecule has 7 nitrogen and oxygen atoms in total. The Hall–Kier alpha value is -3.78. The number of rotatable bonds is 5. The minimum Gasteiger partial charge on any atom is -0.335 e. The molecule has 0 saturated carbocycles. The van der Waals surface area contributed by atoms with Gasteiger partial charge in [-0.2, -0.15) is 0 Å². The van der Waals surface area contributed by atoms with Gasteiger partial charge in [-0.3, -0.25) is 4.79 Å². The Labute approximate surface area is 188 Å². The van der Waals surface area contributed by atoms with Crippen molar-refractivity contribution < 1.29 is 9.32 Å². The van der Waals surface area contributed by atoms with Gasteiger partial charge in [0.2, 0.25) is 0 Å². The second kappa shape index (κ2) is 8.05. The minimum atomic E-state index is -0.227. The number of fused-ring (bicyclic) bond motifs is 1. The third-order valence-corrected chi connectivity index (χ3v) is 6.25. The fourth-order valence-electron chi connectivity index (χ4n) is 3.83. The van der Waals surface area contributed by atoms with Crippen molar-refractivity contribution in [3.05, 3.63) is 81.7 Å². The van der Waals surface area contributed by atoms with Gasteiger partial charge in [0.15, 0.2) is 0 Å². The van der Waals surface area contributed by atoms with Crippen LogP contribution in [0, 0.1) is 20.8 Å². The van der Waals surface area contributed by atoms with Gasteiger partial charge < -0.3 is 14.4 Å². The lowest BCUT2D eigenvalue weighted by atomic mass is 10.1. The number of pyridine rings is 1. The molecule has 160 valence electrons. The number of amides is 1. The average Bonchev–Trinajstić information content (AvgIpc) is 3.49. The number of carbonyl (C=O) groups is 1. The van der Waals surface area contributed by atoms with E-state index in [4.69, 9.17) is 4.52 Å². The van der Waals surface area contributed by atoms with Crippen molar-refractivity contribution in [3.63, 3.8) is 0 Å². The molecule has 0 atom stereocenters. The van der Waals surface area contributed by atoms with Gasteiger partial charge in [0, 0.05) is 39.9 Å². The predicted octanol–water partition coefficient (Wildman–Crippen LogP) is 5.37. The Morgan fingerprint density at radius 2 is 2.06 bits per heavy atom. The molecule has 0 spiro atoms. The van der Waals surface area contributed by atoms with Gasteiger partial charge in [-0.05, 0) is 50.6 Å². The third kappa shape index (κ3) is 3.80. The molecular weight excluding hydrogens is 422 g/mol. The van der Waals surface area contributed by atoms with E-state index in [2.05, 4.69) is 40.4 Å². The van der Waals surface area contributed by atoms with Crippen molar-refractivity contribution in [1.82, 2.24) is 19.7 Å². The predicted molar refractivity (Wildman–Crippen MR) is 125 cm³/mol. The second-order valence-electron chi connectivity index (χ2n) is 7.72. The van der Waals surface area contributed by atoms with Crippen LogP contribution in [0.5, 0.6) is 0 Å². The van der Waals surface area contributed by atoms with Gasteiger partial charge >= 0.3 is 0 Å². The average molecular weight is 444 g/mol. The van der Waals surface area contributed by atoms with Gasteiger partial charge in [-0.25, -0.2) is 9.97 Å². The lowest BCUT2D eigenvalue weighted by Gasteiger charge is -2.10. The Morgan fingerprint density at radius 3 is 2.81 bits per heavy atom. The normalized spacial score (nSPS) is 11.2. The fraction of sp³-hybridized carbons (Fsp3) is 0.167. The highest BCUT2D eigenvalue weighted by molar-refractivity contribution is 7.12. The van der Waals surface area contributed by atoms with Crippen LogP contribution in [0.15, 0.2) is 59.6 Å². The molecule has 0 bridgehead atoms. The monoisotopic (exact) mass is 443 g/mol. The van der Waals surface area contributed by atoms with E-state index in [0.29, 0.717) is 34.6 Å². The highest BCUT2D eigenvalue weighted by atomic mass is 32.1. The van der Waals surface area contributed by atoms with Crippen molar-refractivity contribution in [1.29, 1.82) is 0 Å². The van der Waals surface area contributed by atoms with Crippen molar-refractivity contribution in [2.45, 2.75) is 27.3 Å². The van der Waals surface area contributed by atoms with Crippen molar-refractivity contribution in [2.75, 3.05) is 5.32 Å². The zero-order chi connectivity index (χ0) is 22.2. The summed E-state index contributed by atoms with van der Waals surface area (Å²) in [6, 6.07) is 11.7. The van der Waals surface area contributed by atoms with Crippen molar-refractivity contribution in [2.24, 2.45) is 0 Å². The van der Waals surface area contributed by atoms with Gasteiger partial charge in [-0.1, -0.05) is 17.3 Å². The number of thiophene rings is 1. The number of anilines is 1. The summed E-state index contributed by atoms with van der Waals surface area (Å²) in [4.78, 5) is 24.4. The van der Waals surface area contributed by atoms with E-state index in [0.717, 1.165) is 21.7 Å². The van der Waals surface area contributed by atoms with E-state index in [1.54, 1.807) is 23.9 Å². The molecule has 0 saturated heterocycles. The lowest BCUT2D eigenvalue weighted by molar-refractivity contribution is 0.102. The first kappa shape index (κ1) is 20.1. The molecule has 1 amide bonds. The van der Waals surface area contributed by atoms with Crippen LogP contribution in [-0.2, 0) is 6.54 Å². The van der Waals surface area contributed by atoms with Gasteiger partial charge in [0.1, 0.15) is 0 Å². The molecule has 0 aliphatic heterocycles. The maximum atomic E-state index is 13.4. The van der Waals surface area contributed by atoms with E-state index >= 15 is 0 Å². The number of hydrogen-bond donors (Lipinski definition) is 1. The molecule has 0 unspecified atom stereocenters. The van der Waals surface area contributed by atoms with Crippen molar-refractivity contribution >= 4 is 34.0 Å². The molecule has 0 aliphatic carbocycles. The Morgan fingerprint density at radius 1 is 1.19 bits per heavy atom. The number of nitrogens with one attached hydrogen (secondary N) is 1. The first-order valence-corrected chi connectivity index (χ1v) is 11.0. The van der Waals surface area contributed by atoms with Gasteiger partial charge in [0.25, 0.3) is 11.6 Å².